The van der Waals surface area contributed by atoms with Crippen LogP contribution in [0.3, 0.4) is 0 Å². The fourth-order valence-corrected chi connectivity index (χ4v) is 4.47. The zero-order valence-corrected chi connectivity index (χ0v) is 18.4. The van der Waals surface area contributed by atoms with Crippen LogP contribution >= 0.6 is 0 Å². The molecule has 8 heteroatoms. The van der Waals surface area contributed by atoms with E-state index in [1.165, 1.54) is 0 Å². The van der Waals surface area contributed by atoms with Crippen molar-refractivity contribution in [3.8, 4) is 5.75 Å². The summed E-state index contributed by atoms with van der Waals surface area (Å²) in [5, 5.41) is 3.16. The van der Waals surface area contributed by atoms with Gasteiger partial charge in [0.1, 0.15) is 22.7 Å². The maximum absolute atomic E-state index is 13.0. The Kier molecular flexibility index (Phi) is 4.71. The molecule has 2 aliphatic rings. The van der Waals surface area contributed by atoms with Crippen molar-refractivity contribution < 1.29 is 19.1 Å². The average Bonchev–Trinajstić information content (AvgIpc) is 2.99. The number of ether oxygens (including phenoxy) is 2. The summed E-state index contributed by atoms with van der Waals surface area (Å²) in [5.41, 5.74) is -0.314. The molecular weight excluding hydrogens is 384 g/mol. The second-order valence-corrected chi connectivity index (χ2v) is 9.77. The smallest absolute Gasteiger partial charge is 0.410 e. The first-order valence-corrected chi connectivity index (χ1v) is 10.3. The molecule has 8 nitrogen and oxygen atoms in total. The molecule has 0 aromatic carbocycles. The largest absolute Gasteiger partial charge is 0.494 e. The van der Waals surface area contributed by atoms with Crippen LogP contribution in [0.15, 0.2) is 24.5 Å². The number of hydrogen-bond donors (Lipinski definition) is 1. The van der Waals surface area contributed by atoms with E-state index in [0.29, 0.717) is 13.1 Å². The number of imidazole rings is 1. The molecule has 1 aliphatic carbocycles. The van der Waals surface area contributed by atoms with Gasteiger partial charge >= 0.3 is 6.09 Å². The summed E-state index contributed by atoms with van der Waals surface area (Å²) < 4.78 is 12.8. The van der Waals surface area contributed by atoms with Crippen LogP contribution in [0.1, 0.15) is 40.4 Å². The summed E-state index contributed by atoms with van der Waals surface area (Å²) in [4.78, 5) is 31.5. The van der Waals surface area contributed by atoms with Crippen LogP contribution in [-0.2, 0) is 15.1 Å². The highest BCUT2D eigenvalue weighted by molar-refractivity contribution is 5.84. The van der Waals surface area contributed by atoms with Gasteiger partial charge in [-0.15, -0.1) is 0 Å². The maximum Gasteiger partial charge on any atom is 0.410 e. The highest BCUT2D eigenvalue weighted by atomic mass is 16.6. The number of methoxy groups -OCH3 is 1. The Labute approximate surface area is 176 Å². The van der Waals surface area contributed by atoms with E-state index in [-0.39, 0.29) is 29.8 Å². The van der Waals surface area contributed by atoms with E-state index in [2.05, 4.69) is 10.3 Å². The molecule has 4 rings (SSSR count). The molecule has 0 radical (unpaired) electrons. The summed E-state index contributed by atoms with van der Waals surface area (Å²) >= 11 is 0. The number of piperidine rings is 1. The Morgan fingerprint density at radius 3 is 2.43 bits per heavy atom. The molecule has 162 valence electrons. The molecule has 3 heterocycles. The Morgan fingerprint density at radius 2 is 1.83 bits per heavy atom. The van der Waals surface area contributed by atoms with Crippen LogP contribution < -0.4 is 10.1 Å². The second kappa shape index (κ2) is 6.89. The number of nitrogens with zero attached hydrogens (tertiary/aromatic N) is 3. The monoisotopic (exact) mass is 414 g/mol. The molecule has 1 aliphatic heterocycles. The first kappa shape index (κ1) is 20.5. The lowest BCUT2D eigenvalue weighted by atomic mass is 10.0. The van der Waals surface area contributed by atoms with E-state index in [1.54, 1.807) is 18.2 Å². The maximum atomic E-state index is 13.0. The molecule has 2 atom stereocenters. The van der Waals surface area contributed by atoms with Crippen molar-refractivity contribution in [3.63, 3.8) is 0 Å². The first-order chi connectivity index (χ1) is 14.0. The third-order valence-corrected chi connectivity index (χ3v) is 5.90. The zero-order chi connectivity index (χ0) is 21.8. The van der Waals surface area contributed by atoms with Crippen molar-refractivity contribution in [2.24, 2.45) is 17.8 Å². The first-order valence-electron chi connectivity index (χ1n) is 10.3. The molecule has 2 fully saturated rings. The number of aromatic nitrogens is 2. The minimum Gasteiger partial charge on any atom is -0.494 e. The lowest BCUT2D eigenvalue weighted by Crippen LogP contribution is -2.45. The van der Waals surface area contributed by atoms with Gasteiger partial charge in [-0.3, -0.25) is 9.20 Å². The fourth-order valence-electron chi connectivity index (χ4n) is 4.47. The summed E-state index contributed by atoms with van der Waals surface area (Å²) in [6, 6.07) is 3.78. The van der Waals surface area contributed by atoms with E-state index in [4.69, 9.17) is 9.47 Å². The minimum absolute atomic E-state index is 0.0125. The zero-order valence-electron chi connectivity index (χ0n) is 18.4. The second-order valence-electron chi connectivity index (χ2n) is 9.77. The summed E-state index contributed by atoms with van der Waals surface area (Å²) in [6.07, 6.45) is 3.37. The van der Waals surface area contributed by atoms with Gasteiger partial charge in [0.05, 0.1) is 18.8 Å². The van der Waals surface area contributed by atoms with Gasteiger partial charge in [-0.05, 0) is 58.6 Å². The Morgan fingerprint density at radius 1 is 1.17 bits per heavy atom. The number of rotatable bonds is 4. The van der Waals surface area contributed by atoms with E-state index in [1.807, 2.05) is 57.3 Å². The van der Waals surface area contributed by atoms with E-state index >= 15 is 0 Å². The number of pyridine rings is 1. The van der Waals surface area contributed by atoms with Crippen molar-refractivity contribution in [2.75, 3.05) is 20.2 Å². The van der Waals surface area contributed by atoms with Crippen molar-refractivity contribution >= 4 is 17.5 Å². The van der Waals surface area contributed by atoms with Gasteiger partial charge in [-0.25, -0.2) is 9.78 Å². The Hall–Kier alpha value is -2.77. The van der Waals surface area contributed by atoms with Crippen LogP contribution in [-0.4, -0.2) is 52.1 Å². The molecule has 2 aromatic heterocycles. The molecule has 2 aromatic rings. The molecule has 2 amide bonds. The Balaban J connectivity index is 1.41. The molecule has 30 heavy (non-hydrogen) atoms. The minimum atomic E-state index is -0.655. The van der Waals surface area contributed by atoms with Crippen LogP contribution in [0, 0.1) is 17.8 Å². The van der Waals surface area contributed by atoms with Crippen molar-refractivity contribution in [1.29, 1.82) is 0 Å². The molecule has 1 N–H and O–H groups in total. The lowest BCUT2D eigenvalue weighted by Gasteiger charge is -2.27. The topological polar surface area (TPSA) is 85.2 Å². The SMILES string of the molecule is COc1cccn2c(C(C)(C)NC(=O)C3C4CN(C(=O)OC(C)(C)C)CC43)ncc12. The highest BCUT2D eigenvalue weighted by Crippen LogP contribution is 2.52. The highest BCUT2D eigenvalue weighted by Gasteiger charge is 2.61. The third kappa shape index (κ3) is 3.59. The quantitative estimate of drug-likeness (QED) is 0.832. The van der Waals surface area contributed by atoms with Crippen LogP contribution in [0.25, 0.3) is 5.52 Å². The average molecular weight is 415 g/mol. The van der Waals surface area contributed by atoms with Gasteiger partial charge in [0.2, 0.25) is 5.91 Å². The number of carbonyl (C=O) groups is 2. The van der Waals surface area contributed by atoms with Crippen molar-refractivity contribution in [1.82, 2.24) is 19.6 Å². The van der Waals surface area contributed by atoms with Crippen LogP contribution in [0.2, 0.25) is 0 Å². The lowest BCUT2D eigenvalue weighted by molar-refractivity contribution is -0.125. The van der Waals surface area contributed by atoms with Gasteiger partial charge < -0.3 is 19.7 Å². The van der Waals surface area contributed by atoms with Crippen molar-refractivity contribution in [2.45, 2.75) is 45.8 Å². The number of likely N-dealkylation sites (tertiary alicyclic amines) is 1. The molecule has 2 unspecified atom stereocenters. The normalized spacial score (nSPS) is 23.3. The molecule has 1 saturated heterocycles. The van der Waals surface area contributed by atoms with E-state index < -0.39 is 11.1 Å². The van der Waals surface area contributed by atoms with Gasteiger partial charge in [0.15, 0.2) is 0 Å². The Bertz CT molecular complexity index is 979. The number of amides is 2. The summed E-state index contributed by atoms with van der Waals surface area (Å²) in [5.74, 6) is 1.82. The predicted molar refractivity (Wildman–Crippen MR) is 111 cm³/mol. The number of carbonyl (C=O) groups excluding carboxylic acids is 2. The van der Waals surface area contributed by atoms with Gasteiger partial charge in [-0.1, -0.05) is 0 Å². The third-order valence-electron chi connectivity index (χ3n) is 5.90. The van der Waals surface area contributed by atoms with Gasteiger partial charge in [0.25, 0.3) is 0 Å². The van der Waals surface area contributed by atoms with Crippen molar-refractivity contribution in [3.05, 3.63) is 30.4 Å². The van der Waals surface area contributed by atoms with E-state index in [0.717, 1.165) is 17.1 Å². The number of hydrogen-bond acceptors (Lipinski definition) is 5. The number of nitrogens with one attached hydrogen (secondary N) is 1. The summed E-state index contributed by atoms with van der Waals surface area (Å²) in [7, 11) is 1.63. The summed E-state index contributed by atoms with van der Waals surface area (Å²) in [6.45, 7) is 10.6. The molecular formula is C22H30N4O4. The fraction of sp³-hybridized carbons (Fsp3) is 0.591. The van der Waals surface area contributed by atoms with Gasteiger partial charge in [0, 0.05) is 25.2 Å². The molecule has 0 bridgehead atoms. The standard InChI is InChI=1S/C22H30N4O4/c1-21(2,3)30-20(28)25-11-13-14(12-25)17(13)18(27)24-22(4,5)19-23-10-15-16(29-6)8-7-9-26(15)19/h7-10,13-14,17H,11-12H2,1-6H3,(H,24,27). The van der Waals surface area contributed by atoms with E-state index in [9.17, 15) is 9.59 Å². The molecule has 1 saturated carbocycles. The van der Waals surface area contributed by atoms with Crippen LogP contribution in [0.4, 0.5) is 4.79 Å². The predicted octanol–water partition coefficient (Wildman–Crippen LogP) is 2.81. The number of fused-ring (bicyclic) bond motifs is 2. The van der Waals surface area contributed by atoms with Crippen LogP contribution in [0.5, 0.6) is 5.75 Å². The van der Waals surface area contributed by atoms with Gasteiger partial charge in [-0.2, -0.15) is 0 Å². The molecule has 0 spiro atoms.